The van der Waals surface area contributed by atoms with Crippen LogP contribution in [0.2, 0.25) is 0 Å². The second kappa shape index (κ2) is 15.9. The number of sulfonamides is 1. The third-order valence-corrected chi connectivity index (χ3v) is 9.72. The van der Waals surface area contributed by atoms with E-state index in [1.165, 1.54) is 48.1 Å². The van der Waals surface area contributed by atoms with Gasteiger partial charge in [-0.25, -0.2) is 36.3 Å². The summed E-state index contributed by atoms with van der Waals surface area (Å²) in [6.07, 6.45) is 1.48. The lowest BCUT2D eigenvalue weighted by atomic mass is 9.95. The van der Waals surface area contributed by atoms with Crippen molar-refractivity contribution < 1.29 is 36.3 Å². The molecule has 3 N–H and O–H groups in total. The molecule has 0 bridgehead atoms. The van der Waals surface area contributed by atoms with Crippen LogP contribution in [-0.2, 0) is 37.8 Å². The number of anilines is 2. The predicted molar refractivity (Wildman–Crippen MR) is 192 cm³/mol. The molecule has 2 heterocycles. The first-order valence-corrected chi connectivity index (χ1v) is 17.9. The van der Waals surface area contributed by atoms with Crippen LogP contribution < -0.4 is 26.6 Å². The molecule has 0 spiro atoms. The van der Waals surface area contributed by atoms with Gasteiger partial charge in [0.2, 0.25) is 5.91 Å². The van der Waals surface area contributed by atoms with Gasteiger partial charge in [-0.3, -0.25) is 19.1 Å². The molecule has 0 aliphatic carbocycles. The number of rotatable bonds is 12. The van der Waals surface area contributed by atoms with Gasteiger partial charge in [-0.05, 0) is 75.6 Å². The number of aromatic nitrogens is 3. The first-order valence-electron chi connectivity index (χ1n) is 16.4. The summed E-state index contributed by atoms with van der Waals surface area (Å²) < 4.78 is 65.6. The topological polar surface area (TPSA) is 188 Å². The van der Waals surface area contributed by atoms with Gasteiger partial charge in [-0.1, -0.05) is 26.8 Å². The molecule has 0 fully saturated rings. The van der Waals surface area contributed by atoms with Gasteiger partial charge in [0.25, 0.3) is 21.5 Å². The van der Waals surface area contributed by atoms with Crippen molar-refractivity contribution in [2.75, 3.05) is 16.6 Å². The van der Waals surface area contributed by atoms with Crippen molar-refractivity contribution in [2.24, 2.45) is 12.5 Å². The Morgan fingerprint density at radius 2 is 1.64 bits per heavy atom. The van der Waals surface area contributed by atoms with Crippen LogP contribution in [0.1, 0.15) is 61.3 Å². The molecule has 2 aromatic carbocycles. The zero-order chi connectivity index (χ0) is 39.4. The molecule has 0 aliphatic rings. The number of carbonyl (C=O) groups is 3. The molecule has 2 aromatic heterocycles. The molecule has 282 valence electrons. The second-order valence-electron chi connectivity index (χ2n) is 13.2. The second-order valence-corrected chi connectivity index (χ2v) is 14.9. The van der Waals surface area contributed by atoms with E-state index in [4.69, 9.17) is 4.74 Å². The maximum atomic E-state index is 15.2. The molecular formula is C36H40F2N6O8S. The van der Waals surface area contributed by atoms with E-state index in [2.05, 4.69) is 15.6 Å². The van der Waals surface area contributed by atoms with Crippen molar-refractivity contribution in [1.82, 2.24) is 19.4 Å². The average Bonchev–Trinajstić information content (AvgIpc) is 3.10. The minimum Gasteiger partial charge on any atom is -0.464 e. The van der Waals surface area contributed by atoms with Crippen LogP contribution in [0.3, 0.4) is 0 Å². The quantitative estimate of drug-likeness (QED) is 0.180. The van der Waals surface area contributed by atoms with Gasteiger partial charge >= 0.3 is 11.7 Å². The van der Waals surface area contributed by atoms with E-state index in [1.54, 1.807) is 47.6 Å². The number of hydrogen-bond donors (Lipinski definition) is 3. The molecule has 0 unspecified atom stereocenters. The van der Waals surface area contributed by atoms with Crippen molar-refractivity contribution in [1.29, 1.82) is 0 Å². The molecular weight excluding hydrogens is 714 g/mol. The number of pyridine rings is 1. The highest BCUT2D eigenvalue weighted by molar-refractivity contribution is 7.92. The van der Waals surface area contributed by atoms with E-state index in [0.29, 0.717) is 34.6 Å². The van der Waals surface area contributed by atoms with Crippen molar-refractivity contribution in [3.05, 3.63) is 110 Å². The van der Waals surface area contributed by atoms with Gasteiger partial charge < -0.3 is 19.9 Å². The summed E-state index contributed by atoms with van der Waals surface area (Å²) in [6, 6.07) is 7.75. The molecule has 53 heavy (non-hydrogen) atoms. The predicted octanol–water partition coefficient (Wildman–Crippen LogP) is 3.91. The number of ether oxygens (including phenoxy) is 1. The smallest absolute Gasteiger partial charge is 0.336 e. The Morgan fingerprint density at radius 1 is 0.981 bits per heavy atom. The number of aryl methyl sites for hydroxylation is 1. The lowest BCUT2D eigenvalue weighted by molar-refractivity contribution is -0.145. The van der Waals surface area contributed by atoms with Crippen LogP contribution in [0.4, 0.5) is 20.2 Å². The Labute approximate surface area is 304 Å². The fraction of sp³-hybridized carbons (Fsp3) is 0.333. The molecule has 4 rings (SSSR count). The lowest BCUT2D eigenvalue weighted by Gasteiger charge is -2.18. The van der Waals surface area contributed by atoms with Crippen molar-refractivity contribution in [3.8, 4) is 5.82 Å². The van der Waals surface area contributed by atoms with Gasteiger partial charge in [0.15, 0.2) is 0 Å². The molecule has 2 amide bonds. The van der Waals surface area contributed by atoms with Gasteiger partial charge in [-0.15, -0.1) is 0 Å². The molecule has 0 radical (unpaired) electrons. The maximum absolute atomic E-state index is 15.2. The number of halogens is 2. The van der Waals surface area contributed by atoms with E-state index < -0.39 is 67.5 Å². The Bertz CT molecular complexity index is 2240. The number of benzene rings is 2. The lowest BCUT2D eigenvalue weighted by Crippen LogP contribution is -2.42. The molecule has 17 heteroatoms. The Kier molecular flexibility index (Phi) is 12.0. The molecule has 14 nitrogen and oxygen atoms in total. The number of amides is 2. The summed E-state index contributed by atoms with van der Waals surface area (Å²) in [5.74, 6) is -4.78. The summed E-state index contributed by atoms with van der Waals surface area (Å²) in [7, 11) is -2.89. The van der Waals surface area contributed by atoms with Gasteiger partial charge in [-0.2, -0.15) is 0 Å². The zero-order valence-electron chi connectivity index (χ0n) is 30.2. The highest BCUT2D eigenvalue weighted by Crippen LogP contribution is 2.25. The summed E-state index contributed by atoms with van der Waals surface area (Å²) in [6.45, 7) is 9.89. The minimum atomic E-state index is -4.43. The standard InChI is InChI=1S/C36H40F2N6O8S/c1-8-52-33(47)28(15-9-22-10-16-30(39-19-22)44-32(46)20(2)21(3)43(7)35(44)49)41-31(45)25-17-27(38)29(18-26(25)37)42-53(50,51)24-13-11-23(12-14-24)40-34(48)36(4,5)6/h10-14,16-19,28,42H,8-9,15H2,1-7H3,(H,40,48)(H,41,45)/t28-/m0/s1. The Morgan fingerprint density at radius 3 is 2.23 bits per heavy atom. The largest absolute Gasteiger partial charge is 0.464 e. The third kappa shape index (κ3) is 9.21. The normalized spacial score (nSPS) is 12.2. The van der Waals surface area contributed by atoms with Crippen LogP contribution in [0.25, 0.3) is 5.82 Å². The molecule has 0 aliphatic heterocycles. The van der Waals surface area contributed by atoms with E-state index in [1.807, 2.05) is 4.72 Å². The summed E-state index contributed by atoms with van der Waals surface area (Å²) in [4.78, 5) is 67.6. The fourth-order valence-electron chi connectivity index (χ4n) is 4.93. The van der Waals surface area contributed by atoms with Crippen molar-refractivity contribution in [2.45, 2.75) is 65.3 Å². The maximum Gasteiger partial charge on any atom is 0.336 e. The number of nitrogens with zero attached hydrogens (tertiary/aromatic N) is 3. The number of nitrogens with one attached hydrogen (secondary N) is 3. The molecule has 1 atom stereocenters. The summed E-state index contributed by atoms with van der Waals surface area (Å²) >= 11 is 0. The average molecular weight is 755 g/mol. The van der Waals surface area contributed by atoms with Gasteiger partial charge in [0.05, 0.1) is 22.8 Å². The SMILES string of the molecule is CCOC(=O)[C@H](CCc1ccc(-n2c(=O)c(C)c(C)n(C)c2=O)nc1)NC(=O)c1cc(F)c(NS(=O)(=O)c2ccc(NC(=O)C(C)(C)C)cc2)cc1F. The Balaban J connectivity index is 1.48. The summed E-state index contributed by atoms with van der Waals surface area (Å²) in [5, 5.41) is 5.00. The Hall–Kier alpha value is -5.71. The van der Waals surface area contributed by atoms with Crippen molar-refractivity contribution >= 4 is 39.2 Å². The number of carbonyl (C=O) groups excluding carboxylic acids is 3. The van der Waals surface area contributed by atoms with E-state index in [-0.39, 0.29) is 36.1 Å². The minimum absolute atomic E-state index is 0.0345. The monoisotopic (exact) mass is 754 g/mol. The van der Waals surface area contributed by atoms with Crippen LogP contribution in [-0.4, -0.2) is 53.0 Å². The van der Waals surface area contributed by atoms with E-state index in [0.717, 1.165) is 4.57 Å². The van der Waals surface area contributed by atoms with Crippen LogP contribution in [0.5, 0.6) is 0 Å². The van der Waals surface area contributed by atoms with Gasteiger partial charge in [0.1, 0.15) is 23.5 Å². The molecule has 0 saturated heterocycles. The fourth-order valence-corrected chi connectivity index (χ4v) is 5.99. The van der Waals surface area contributed by atoms with Crippen LogP contribution in [0, 0.1) is 30.9 Å². The first-order chi connectivity index (χ1) is 24.7. The first kappa shape index (κ1) is 40.1. The number of hydrogen-bond acceptors (Lipinski definition) is 9. The summed E-state index contributed by atoms with van der Waals surface area (Å²) in [5.41, 5.74) is -1.58. The van der Waals surface area contributed by atoms with E-state index in [9.17, 15) is 32.4 Å². The van der Waals surface area contributed by atoms with Crippen LogP contribution >= 0.6 is 0 Å². The number of esters is 1. The third-order valence-electron chi connectivity index (χ3n) is 8.33. The molecule has 0 saturated carbocycles. The van der Waals surface area contributed by atoms with Crippen LogP contribution in [0.15, 0.2) is 69.2 Å². The highest BCUT2D eigenvalue weighted by atomic mass is 32.2. The highest BCUT2D eigenvalue weighted by Gasteiger charge is 2.27. The zero-order valence-corrected chi connectivity index (χ0v) is 31.0. The van der Waals surface area contributed by atoms with Crippen molar-refractivity contribution in [3.63, 3.8) is 0 Å². The molecule has 4 aromatic rings. The van der Waals surface area contributed by atoms with E-state index >= 15 is 8.78 Å². The van der Waals surface area contributed by atoms with Gasteiger partial charge in [0, 0.05) is 41.7 Å².